The fourth-order valence-corrected chi connectivity index (χ4v) is 3.48. The SMILES string of the molecule is O=c1c2ccccc2sc2ccc(OCCS(=O)(=O)O)cc12. The molecule has 0 saturated carbocycles. The highest BCUT2D eigenvalue weighted by Crippen LogP contribution is 2.27. The predicted molar refractivity (Wildman–Crippen MR) is 87.5 cm³/mol. The summed E-state index contributed by atoms with van der Waals surface area (Å²) in [7, 11) is -4.06. The van der Waals surface area contributed by atoms with Gasteiger partial charge in [0.1, 0.15) is 18.1 Å². The van der Waals surface area contributed by atoms with Gasteiger partial charge in [-0.15, -0.1) is 11.3 Å². The Morgan fingerprint density at radius 2 is 1.77 bits per heavy atom. The van der Waals surface area contributed by atoms with Crippen LogP contribution >= 0.6 is 11.3 Å². The summed E-state index contributed by atoms with van der Waals surface area (Å²) in [5, 5.41) is 1.18. The summed E-state index contributed by atoms with van der Waals surface area (Å²) in [5.74, 6) is -0.0916. The number of rotatable bonds is 4. The van der Waals surface area contributed by atoms with Crippen LogP contribution in [-0.4, -0.2) is 25.3 Å². The van der Waals surface area contributed by atoms with Crippen LogP contribution in [-0.2, 0) is 10.1 Å². The number of fused-ring (bicyclic) bond motifs is 2. The molecular formula is C15H12O5S2. The van der Waals surface area contributed by atoms with Crippen LogP contribution in [0.2, 0.25) is 0 Å². The van der Waals surface area contributed by atoms with Gasteiger partial charge in [0.2, 0.25) is 0 Å². The van der Waals surface area contributed by atoms with E-state index < -0.39 is 15.9 Å². The molecule has 2 aromatic carbocycles. The first kappa shape index (κ1) is 15.0. The molecule has 0 aliphatic heterocycles. The maximum absolute atomic E-state index is 12.5. The summed E-state index contributed by atoms with van der Waals surface area (Å²) in [6, 6.07) is 12.4. The highest BCUT2D eigenvalue weighted by molar-refractivity contribution is 7.85. The molecule has 7 heteroatoms. The van der Waals surface area contributed by atoms with E-state index in [0.29, 0.717) is 16.5 Å². The van der Waals surface area contributed by atoms with Crippen LogP contribution in [0.3, 0.4) is 0 Å². The van der Waals surface area contributed by atoms with Crippen molar-refractivity contribution in [3.63, 3.8) is 0 Å². The van der Waals surface area contributed by atoms with E-state index in [1.165, 1.54) is 11.3 Å². The second-order valence-corrected chi connectivity index (χ2v) is 7.38. The molecule has 0 aliphatic carbocycles. The van der Waals surface area contributed by atoms with Crippen LogP contribution in [0.25, 0.3) is 20.2 Å². The molecule has 1 heterocycles. The molecule has 3 rings (SSSR count). The van der Waals surface area contributed by atoms with Crippen LogP contribution in [0.1, 0.15) is 0 Å². The maximum Gasteiger partial charge on any atom is 0.268 e. The first-order valence-electron chi connectivity index (χ1n) is 6.48. The minimum atomic E-state index is -4.06. The fourth-order valence-electron chi connectivity index (χ4n) is 2.14. The van der Waals surface area contributed by atoms with Gasteiger partial charge in [-0.05, 0) is 30.3 Å². The Bertz CT molecular complexity index is 1010. The van der Waals surface area contributed by atoms with Crippen LogP contribution in [0.4, 0.5) is 0 Å². The highest BCUT2D eigenvalue weighted by atomic mass is 32.2. The Labute approximate surface area is 130 Å². The molecule has 0 aliphatic rings. The summed E-state index contributed by atoms with van der Waals surface area (Å²) in [6.45, 7) is -0.171. The molecule has 1 N–H and O–H groups in total. The van der Waals surface area contributed by atoms with Crippen LogP contribution in [0.5, 0.6) is 5.75 Å². The van der Waals surface area contributed by atoms with Crippen molar-refractivity contribution in [2.45, 2.75) is 0 Å². The summed E-state index contributed by atoms with van der Waals surface area (Å²) < 4.78 is 37.0. The van der Waals surface area contributed by atoms with Gasteiger partial charge in [0.05, 0.1) is 0 Å². The van der Waals surface area contributed by atoms with Gasteiger partial charge in [-0.1, -0.05) is 12.1 Å². The second kappa shape index (κ2) is 5.68. The average Bonchev–Trinajstić information content (AvgIpc) is 2.47. The lowest BCUT2D eigenvalue weighted by Crippen LogP contribution is -2.12. The third-order valence-electron chi connectivity index (χ3n) is 3.16. The fraction of sp³-hybridized carbons (Fsp3) is 0.133. The monoisotopic (exact) mass is 336 g/mol. The van der Waals surface area contributed by atoms with E-state index in [9.17, 15) is 13.2 Å². The van der Waals surface area contributed by atoms with Crippen molar-refractivity contribution in [2.75, 3.05) is 12.4 Å². The van der Waals surface area contributed by atoms with Crippen molar-refractivity contribution in [1.29, 1.82) is 0 Å². The molecule has 114 valence electrons. The van der Waals surface area contributed by atoms with E-state index in [1.807, 2.05) is 18.2 Å². The Morgan fingerprint density at radius 1 is 1.05 bits per heavy atom. The quantitative estimate of drug-likeness (QED) is 0.585. The number of ether oxygens (including phenoxy) is 1. The zero-order chi connectivity index (χ0) is 15.7. The van der Waals surface area contributed by atoms with Gasteiger partial charge in [-0.25, -0.2) is 0 Å². The van der Waals surface area contributed by atoms with Crippen molar-refractivity contribution >= 4 is 41.6 Å². The average molecular weight is 336 g/mol. The van der Waals surface area contributed by atoms with Gasteiger partial charge in [-0.2, -0.15) is 8.42 Å². The predicted octanol–water partition coefficient (Wildman–Crippen LogP) is 2.68. The highest BCUT2D eigenvalue weighted by Gasteiger charge is 2.08. The standard InChI is InChI=1S/C15H12O5S2/c16-15-11-3-1-2-4-13(11)21-14-6-5-10(9-12(14)15)20-7-8-22(17,18)19/h1-6,9H,7-8H2,(H,17,18,19). The number of hydrogen-bond donors (Lipinski definition) is 1. The zero-order valence-electron chi connectivity index (χ0n) is 11.4. The van der Waals surface area contributed by atoms with E-state index in [1.54, 1.807) is 24.3 Å². The second-order valence-electron chi connectivity index (χ2n) is 4.72. The van der Waals surface area contributed by atoms with E-state index in [0.717, 1.165) is 9.40 Å². The summed E-state index contributed by atoms with van der Waals surface area (Å²) in [6.07, 6.45) is 0. The van der Waals surface area contributed by atoms with Crippen molar-refractivity contribution in [3.8, 4) is 5.75 Å². The van der Waals surface area contributed by atoms with Gasteiger partial charge in [0.25, 0.3) is 10.1 Å². The first-order chi connectivity index (χ1) is 10.4. The van der Waals surface area contributed by atoms with E-state index in [-0.39, 0.29) is 12.0 Å². The van der Waals surface area contributed by atoms with E-state index in [2.05, 4.69) is 0 Å². The number of benzene rings is 2. The molecule has 0 saturated heterocycles. The van der Waals surface area contributed by atoms with Crippen molar-refractivity contribution in [2.24, 2.45) is 0 Å². The molecular weight excluding hydrogens is 324 g/mol. The topological polar surface area (TPSA) is 80.7 Å². The minimum absolute atomic E-state index is 0.0791. The molecule has 0 atom stereocenters. The molecule has 0 amide bonds. The number of hydrogen-bond acceptors (Lipinski definition) is 5. The molecule has 22 heavy (non-hydrogen) atoms. The maximum atomic E-state index is 12.5. The molecule has 3 aromatic rings. The molecule has 0 bridgehead atoms. The summed E-state index contributed by atoms with van der Waals surface area (Å²) >= 11 is 1.51. The van der Waals surface area contributed by atoms with Crippen molar-refractivity contribution in [3.05, 3.63) is 52.7 Å². The molecule has 0 fully saturated rings. The molecule has 1 aromatic heterocycles. The Balaban J connectivity index is 2.00. The van der Waals surface area contributed by atoms with Gasteiger partial charge in [0, 0.05) is 20.2 Å². The summed E-state index contributed by atoms with van der Waals surface area (Å²) in [4.78, 5) is 12.5. The molecule has 5 nitrogen and oxygen atoms in total. The van der Waals surface area contributed by atoms with E-state index >= 15 is 0 Å². The van der Waals surface area contributed by atoms with Crippen molar-refractivity contribution in [1.82, 2.24) is 0 Å². The zero-order valence-corrected chi connectivity index (χ0v) is 13.0. The Morgan fingerprint density at radius 3 is 2.55 bits per heavy atom. The first-order valence-corrected chi connectivity index (χ1v) is 8.90. The smallest absolute Gasteiger partial charge is 0.268 e. The Hall–Kier alpha value is -1.96. The molecule has 0 spiro atoms. The lowest BCUT2D eigenvalue weighted by atomic mass is 10.2. The Kier molecular flexibility index (Phi) is 3.86. The van der Waals surface area contributed by atoms with Gasteiger partial charge in [0.15, 0.2) is 5.43 Å². The third kappa shape index (κ3) is 3.11. The lowest BCUT2D eigenvalue weighted by molar-refractivity contribution is 0.336. The van der Waals surface area contributed by atoms with Crippen molar-refractivity contribution < 1.29 is 17.7 Å². The van der Waals surface area contributed by atoms with Gasteiger partial charge >= 0.3 is 0 Å². The largest absolute Gasteiger partial charge is 0.492 e. The lowest BCUT2D eigenvalue weighted by Gasteiger charge is -2.06. The van der Waals surface area contributed by atoms with Crippen LogP contribution in [0.15, 0.2) is 47.3 Å². The van der Waals surface area contributed by atoms with Gasteiger partial charge < -0.3 is 4.74 Å². The third-order valence-corrected chi connectivity index (χ3v) is 4.99. The summed E-state index contributed by atoms with van der Waals surface area (Å²) in [5.41, 5.74) is -0.0791. The normalized spacial score (nSPS) is 11.9. The molecule has 0 radical (unpaired) electrons. The van der Waals surface area contributed by atoms with E-state index in [4.69, 9.17) is 9.29 Å². The van der Waals surface area contributed by atoms with Gasteiger partial charge in [-0.3, -0.25) is 9.35 Å². The van der Waals surface area contributed by atoms with Crippen LogP contribution in [0, 0.1) is 0 Å². The van der Waals surface area contributed by atoms with Crippen LogP contribution < -0.4 is 10.2 Å². The minimum Gasteiger partial charge on any atom is -0.492 e. The molecule has 0 unspecified atom stereocenters.